The fourth-order valence-electron chi connectivity index (χ4n) is 3.36. The van der Waals surface area contributed by atoms with Gasteiger partial charge >= 0.3 is 0 Å². The van der Waals surface area contributed by atoms with Crippen molar-refractivity contribution >= 4 is 33.7 Å². The summed E-state index contributed by atoms with van der Waals surface area (Å²) < 4.78 is 1.00. The highest BCUT2D eigenvalue weighted by molar-refractivity contribution is 9.10. The van der Waals surface area contributed by atoms with Crippen LogP contribution in [0.15, 0.2) is 70.3 Å². The van der Waals surface area contributed by atoms with E-state index in [1.807, 2.05) is 61.5 Å². The molecule has 2 atom stereocenters. The van der Waals surface area contributed by atoms with Crippen molar-refractivity contribution in [2.24, 2.45) is 5.92 Å². The molecule has 0 aliphatic carbocycles. The smallest absolute Gasteiger partial charge is 0.203 e. The van der Waals surface area contributed by atoms with E-state index in [0.717, 1.165) is 27.0 Å². The van der Waals surface area contributed by atoms with Crippen LogP contribution in [0, 0.1) is 5.92 Å². The first-order valence-corrected chi connectivity index (χ1v) is 9.61. The molecule has 140 valence electrons. The molecule has 3 N–H and O–H groups in total. The van der Waals surface area contributed by atoms with Crippen LogP contribution in [0.5, 0.6) is 0 Å². The Kier molecular flexibility index (Phi) is 6.42. The van der Waals surface area contributed by atoms with Crippen LogP contribution in [0.3, 0.4) is 0 Å². The van der Waals surface area contributed by atoms with Crippen LogP contribution in [-0.2, 0) is 16.0 Å². The van der Waals surface area contributed by atoms with Crippen molar-refractivity contribution in [1.82, 2.24) is 10.7 Å². The Hall–Kier alpha value is -2.44. The fraction of sp³-hybridized carbons (Fsp3) is 0.238. The molecule has 1 aliphatic rings. The Morgan fingerprint density at radius 2 is 1.89 bits per heavy atom. The molecule has 2 unspecified atom stereocenters. The molecule has 1 heterocycles. The van der Waals surface area contributed by atoms with Gasteiger partial charge < -0.3 is 16.2 Å². The van der Waals surface area contributed by atoms with Crippen LogP contribution < -0.4 is 16.2 Å². The summed E-state index contributed by atoms with van der Waals surface area (Å²) in [4.78, 5) is 23.6. The van der Waals surface area contributed by atoms with Crippen molar-refractivity contribution in [3.63, 3.8) is 0 Å². The molecule has 0 spiro atoms. The van der Waals surface area contributed by atoms with Crippen LogP contribution in [0.1, 0.15) is 12.5 Å². The van der Waals surface area contributed by atoms with Gasteiger partial charge in [0.25, 0.3) is 0 Å². The number of hydrogen-bond acceptors (Lipinski definition) is 5. The molecule has 27 heavy (non-hydrogen) atoms. The number of nitrogens with one attached hydrogen (secondary N) is 3. The number of benzene rings is 2. The number of allylic oxidation sites excluding steroid dienone is 1. The van der Waals surface area contributed by atoms with Crippen molar-refractivity contribution in [1.29, 1.82) is 0 Å². The second-order valence-corrected chi connectivity index (χ2v) is 7.50. The molecule has 2 aromatic rings. The van der Waals surface area contributed by atoms with Crippen molar-refractivity contribution < 1.29 is 9.59 Å². The zero-order valence-corrected chi connectivity index (χ0v) is 16.6. The number of ketones is 1. The number of Topliss-reactive ketones (excluding diaryl/α,β-unsaturated/α-hetero) is 1. The van der Waals surface area contributed by atoms with Gasteiger partial charge in [0.05, 0.1) is 11.6 Å². The lowest BCUT2D eigenvalue weighted by Gasteiger charge is -2.19. The normalized spacial score (nSPS) is 20.8. The summed E-state index contributed by atoms with van der Waals surface area (Å²) in [5.41, 5.74) is 10.1. The summed E-state index contributed by atoms with van der Waals surface area (Å²) >= 11 is 3.41. The standard InChI is InChI=1S/C21H22BrN3O2/c1-14(24-25-17-9-7-16(22)8-10-17)18-12-23-19(21(18)20(27)13-26)11-15-5-3-2-4-6-15/h2-10,13,19,21,23-25H,11-12H2,1H3. The molecule has 0 aromatic heterocycles. The Labute approximate surface area is 167 Å². The number of anilines is 1. The lowest BCUT2D eigenvalue weighted by Crippen LogP contribution is -2.34. The topological polar surface area (TPSA) is 70.2 Å². The predicted octanol–water partition coefficient (Wildman–Crippen LogP) is 3.24. The van der Waals surface area contributed by atoms with Gasteiger partial charge in [0, 0.05) is 22.8 Å². The third-order valence-electron chi connectivity index (χ3n) is 4.77. The molecule has 3 rings (SSSR count). The molecule has 0 radical (unpaired) electrons. The summed E-state index contributed by atoms with van der Waals surface area (Å²) in [5, 5.41) is 3.40. The minimum Gasteiger partial charge on any atom is -0.309 e. The van der Waals surface area contributed by atoms with Crippen LogP contribution in [0.4, 0.5) is 5.69 Å². The lowest BCUT2D eigenvalue weighted by molar-refractivity contribution is -0.132. The second kappa shape index (κ2) is 8.97. The van der Waals surface area contributed by atoms with Gasteiger partial charge in [0.1, 0.15) is 0 Å². The van der Waals surface area contributed by atoms with Crippen LogP contribution in [-0.4, -0.2) is 24.7 Å². The van der Waals surface area contributed by atoms with E-state index in [2.05, 4.69) is 32.1 Å². The molecule has 1 aliphatic heterocycles. The van der Waals surface area contributed by atoms with Crippen molar-refractivity contribution in [3.8, 4) is 0 Å². The molecule has 0 saturated carbocycles. The van der Waals surface area contributed by atoms with Crippen molar-refractivity contribution in [3.05, 3.63) is 75.9 Å². The van der Waals surface area contributed by atoms with Gasteiger partial charge in [-0.3, -0.25) is 9.59 Å². The molecule has 0 amide bonds. The largest absolute Gasteiger partial charge is 0.309 e. The zero-order chi connectivity index (χ0) is 19.2. The Morgan fingerprint density at radius 3 is 2.56 bits per heavy atom. The maximum atomic E-state index is 12.3. The summed E-state index contributed by atoms with van der Waals surface area (Å²) in [7, 11) is 0. The molecular weight excluding hydrogens is 406 g/mol. The van der Waals surface area contributed by atoms with E-state index in [1.165, 1.54) is 0 Å². The average molecular weight is 428 g/mol. The third kappa shape index (κ3) is 4.84. The van der Waals surface area contributed by atoms with Crippen LogP contribution in [0.2, 0.25) is 0 Å². The Balaban J connectivity index is 1.75. The fourth-order valence-corrected chi connectivity index (χ4v) is 3.62. The molecular formula is C21H22BrN3O2. The van der Waals surface area contributed by atoms with E-state index in [0.29, 0.717) is 19.3 Å². The minimum atomic E-state index is -0.457. The number of carbonyl (C=O) groups excluding carboxylic acids is 2. The quantitative estimate of drug-likeness (QED) is 0.359. The van der Waals surface area contributed by atoms with E-state index >= 15 is 0 Å². The van der Waals surface area contributed by atoms with Gasteiger partial charge in [-0.25, -0.2) is 0 Å². The van der Waals surface area contributed by atoms with Gasteiger partial charge in [-0.2, -0.15) is 0 Å². The molecule has 1 saturated heterocycles. The highest BCUT2D eigenvalue weighted by Crippen LogP contribution is 2.27. The highest BCUT2D eigenvalue weighted by Gasteiger charge is 2.37. The van der Waals surface area contributed by atoms with E-state index in [-0.39, 0.29) is 11.8 Å². The Bertz CT molecular complexity index is 834. The van der Waals surface area contributed by atoms with Gasteiger partial charge in [0.2, 0.25) is 5.78 Å². The molecule has 2 aromatic carbocycles. The number of halogens is 1. The number of hydrazine groups is 1. The first kappa shape index (κ1) is 19.3. The van der Waals surface area contributed by atoms with Gasteiger partial charge in [-0.15, -0.1) is 0 Å². The SMILES string of the molecule is CC(NNc1ccc(Br)cc1)=C1CNC(Cc2ccccc2)C1C(=O)C=O. The van der Waals surface area contributed by atoms with E-state index in [4.69, 9.17) is 0 Å². The Morgan fingerprint density at radius 1 is 1.19 bits per heavy atom. The van der Waals surface area contributed by atoms with Crippen LogP contribution >= 0.6 is 15.9 Å². The highest BCUT2D eigenvalue weighted by atomic mass is 79.9. The average Bonchev–Trinajstić information content (AvgIpc) is 3.11. The first-order valence-electron chi connectivity index (χ1n) is 8.82. The van der Waals surface area contributed by atoms with Gasteiger partial charge in [-0.1, -0.05) is 46.3 Å². The molecule has 1 fully saturated rings. The third-order valence-corrected chi connectivity index (χ3v) is 5.30. The van der Waals surface area contributed by atoms with Gasteiger partial charge in [-0.05, 0) is 48.7 Å². The van der Waals surface area contributed by atoms with E-state index in [9.17, 15) is 9.59 Å². The molecule has 0 bridgehead atoms. The second-order valence-electron chi connectivity index (χ2n) is 6.58. The number of aldehydes is 1. The van der Waals surface area contributed by atoms with E-state index < -0.39 is 5.92 Å². The van der Waals surface area contributed by atoms with Gasteiger partial charge in [0.15, 0.2) is 6.29 Å². The molecule has 5 nitrogen and oxygen atoms in total. The summed E-state index contributed by atoms with van der Waals surface area (Å²) in [6.07, 6.45) is 1.13. The van der Waals surface area contributed by atoms with Crippen molar-refractivity contribution in [2.75, 3.05) is 12.0 Å². The molecule has 6 heteroatoms. The first-order chi connectivity index (χ1) is 13.1. The summed E-state index contributed by atoms with van der Waals surface area (Å²) in [5.74, 6) is -0.845. The zero-order valence-electron chi connectivity index (χ0n) is 15.0. The minimum absolute atomic E-state index is 0.0930. The van der Waals surface area contributed by atoms with E-state index in [1.54, 1.807) is 0 Å². The number of rotatable bonds is 7. The number of carbonyl (C=O) groups is 2. The maximum Gasteiger partial charge on any atom is 0.203 e. The van der Waals surface area contributed by atoms with Crippen LogP contribution in [0.25, 0.3) is 0 Å². The monoisotopic (exact) mass is 427 g/mol. The summed E-state index contributed by atoms with van der Waals surface area (Å²) in [6, 6.07) is 17.7. The van der Waals surface area contributed by atoms with Crippen molar-refractivity contribution in [2.45, 2.75) is 19.4 Å². The lowest BCUT2D eigenvalue weighted by atomic mass is 9.87. The predicted molar refractivity (Wildman–Crippen MR) is 110 cm³/mol. The number of hydrogen-bond donors (Lipinski definition) is 3. The maximum absolute atomic E-state index is 12.3. The summed E-state index contributed by atoms with van der Waals surface area (Å²) in [6.45, 7) is 2.49.